The lowest BCUT2D eigenvalue weighted by Gasteiger charge is -2.19. The lowest BCUT2D eigenvalue weighted by molar-refractivity contribution is -0.161. The van der Waals surface area contributed by atoms with E-state index in [2.05, 4.69) is 38.2 Å². The van der Waals surface area contributed by atoms with E-state index in [1.807, 2.05) is 0 Å². The number of carbonyl (C=O) groups excluding carboxylic acids is 2. The van der Waals surface area contributed by atoms with Crippen molar-refractivity contribution in [2.75, 3.05) is 26.4 Å². The molecule has 0 aromatic carbocycles. The van der Waals surface area contributed by atoms with E-state index in [9.17, 15) is 19.0 Å². The number of phosphoric ester groups is 1. The van der Waals surface area contributed by atoms with Gasteiger partial charge < -0.3 is 20.1 Å². The molecule has 2 atom stereocenters. The second-order valence-electron chi connectivity index (χ2n) is 30.5. The van der Waals surface area contributed by atoms with Crippen LogP contribution in [0, 0.1) is 0 Å². The summed E-state index contributed by atoms with van der Waals surface area (Å²) in [5, 5.41) is 0. The van der Waals surface area contributed by atoms with E-state index in [0.717, 1.165) is 38.5 Å². The molecule has 0 aliphatic carbocycles. The lowest BCUT2D eigenvalue weighted by Crippen LogP contribution is -2.29. The van der Waals surface area contributed by atoms with E-state index in [1.165, 1.54) is 424 Å². The summed E-state index contributed by atoms with van der Waals surface area (Å²) in [7, 11) is -4.39. The highest BCUT2D eigenvalue weighted by Crippen LogP contribution is 2.43. The van der Waals surface area contributed by atoms with E-state index in [-0.39, 0.29) is 38.6 Å². The molecule has 0 bridgehead atoms. The second kappa shape index (κ2) is 84.4. The molecule has 0 aromatic heterocycles. The Labute approximate surface area is 612 Å². The van der Waals surface area contributed by atoms with Crippen LogP contribution in [-0.4, -0.2) is 49.3 Å². The number of hydrogen-bond acceptors (Lipinski definition) is 8. The molecule has 0 saturated heterocycles. The molecular formula is C88H172NO8P. The van der Waals surface area contributed by atoms with E-state index < -0.39 is 26.5 Å². The standard InChI is InChI=1S/C88H172NO8P/c1-3-5-7-9-11-13-15-17-19-21-23-25-27-29-31-33-35-37-39-41-42-43-44-45-47-49-51-53-55-57-59-61-63-65-67-69-71-73-75-77-79-81-88(91)97-86(85-96-98(92,93)95-83-82-89)84-94-87(90)80-78-76-74-72-70-68-66-64-62-60-58-56-54-52-50-48-46-40-38-36-34-32-30-28-26-24-22-20-18-16-14-12-10-8-6-4-2/h15,17,21,23,86H,3-14,16,18-20,22,24-85,89H2,1-2H3,(H,92,93)/b17-15-,23-21-. The first-order valence-electron chi connectivity index (χ1n) is 44.3. The van der Waals surface area contributed by atoms with Crippen LogP contribution in [0.5, 0.6) is 0 Å². The third-order valence-corrected chi connectivity index (χ3v) is 21.6. The first kappa shape index (κ1) is 96.5. The van der Waals surface area contributed by atoms with Crippen LogP contribution in [0.1, 0.15) is 495 Å². The summed E-state index contributed by atoms with van der Waals surface area (Å²) in [4.78, 5) is 35.5. The number of ether oxygens (including phenoxy) is 2. The molecule has 0 amide bonds. The van der Waals surface area contributed by atoms with E-state index >= 15 is 0 Å². The van der Waals surface area contributed by atoms with Crippen molar-refractivity contribution in [3.05, 3.63) is 24.3 Å². The highest BCUT2D eigenvalue weighted by molar-refractivity contribution is 7.47. The Morgan fingerprint density at radius 1 is 0.306 bits per heavy atom. The largest absolute Gasteiger partial charge is 0.472 e. The second-order valence-corrected chi connectivity index (χ2v) is 31.9. The maximum Gasteiger partial charge on any atom is 0.472 e. The van der Waals surface area contributed by atoms with Crippen LogP contribution in [0.3, 0.4) is 0 Å². The topological polar surface area (TPSA) is 134 Å². The van der Waals surface area contributed by atoms with Gasteiger partial charge in [-0.15, -0.1) is 0 Å². The van der Waals surface area contributed by atoms with Gasteiger partial charge in [-0.1, -0.05) is 462 Å². The molecule has 0 aliphatic heterocycles. The van der Waals surface area contributed by atoms with Crippen LogP contribution < -0.4 is 5.73 Å². The Kier molecular flexibility index (Phi) is 83.1. The Bertz CT molecular complexity index is 1660. The molecule has 10 heteroatoms. The first-order chi connectivity index (χ1) is 48.3. The van der Waals surface area contributed by atoms with Crippen molar-refractivity contribution in [1.29, 1.82) is 0 Å². The van der Waals surface area contributed by atoms with Crippen LogP contribution >= 0.6 is 7.82 Å². The normalized spacial score (nSPS) is 12.8. The van der Waals surface area contributed by atoms with Gasteiger partial charge in [0.25, 0.3) is 0 Å². The van der Waals surface area contributed by atoms with Crippen molar-refractivity contribution in [3.8, 4) is 0 Å². The predicted molar refractivity (Wildman–Crippen MR) is 428 cm³/mol. The Morgan fingerprint density at radius 2 is 0.531 bits per heavy atom. The van der Waals surface area contributed by atoms with Crippen molar-refractivity contribution in [3.63, 3.8) is 0 Å². The SMILES string of the molecule is CCCCCCC/C=C\C/C=C\CCCCCCCCCCCCCCCCCCCCCCCCCCCCCCCC(=O)OC(COC(=O)CCCCCCCCCCCCCCCCCCCCCCCCCCCCCCCCCCCCCC)COP(=O)(O)OCCN. The zero-order chi connectivity index (χ0) is 70.8. The zero-order valence-corrected chi connectivity index (χ0v) is 67.0. The fourth-order valence-corrected chi connectivity index (χ4v) is 14.8. The van der Waals surface area contributed by atoms with Gasteiger partial charge in [0.05, 0.1) is 13.2 Å². The minimum Gasteiger partial charge on any atom is -0.462 e. The predicted octanol–water partition coefficient (Wildman–Crippen LogP) is 29.9. The fourth-order valence-electron chi connectivity index (χ4n) is 14.0. The Morgan fingerprint density at radius 3 is 0.776 bits per heavy atom. The lowest BCUT2D eigenvalue weighted by atomic mass is 10.0. The first-order valence-corrected chi connectivity index (χ1v) is 45.8. The number of allylic oxidation sites excluding steroid dienone is 4. The quantitative estimate of drug-likeness (QED) is 0.0264. The van der Waals surface area contributed by atoms with E-state index in [1.54, 1.807) is 0 Å². The molecule has 3 N–H and O–H groups in total. The molecule has 0 aliphatic rings. The number of esters is 2. The summed E-state index contributed by atoms with van der Waals surface area (Å²) in [6.45, 7) is 3.84. The summed E-state index contributed by atoms with van der Waals surface area (Å²) in [5.74, 6) is -0.795. The van der Waals surface area contributed by atoms with Crippen LogP contribution in [0.25, 0.3) is 0 Å². The molecule has 98 heavy (non-hydrogen) atoms. The summed E-state index contributed by atoms with van der Waals surface area (Å²) in [6.07, 6.45) is 108. The molecule has 582 valence electrons. The summed E-state index contributed by atoms with van der Waals surface area (Å²) in [6, 6.07) is 0. The van der Waals surface area contributed by atoms with Crippen molar-refractivity contribution < 1.29 is 37.6 Å². The average molecular weight is 1400 g/mol. The van der Waals surface area contributed by atoms with Crippen molar-refractivity contribution in [2.45, 2.75) is 502 Å². The van der Waals surface area contributed by atoms with Crippen LogP contribution in [0.4, 0.5) is 0 Å². The van der Waals surface area contributed by atoms with Crippen molar-refractivity contribution in [1.82, 2.24) is 0 Å². The van der Waals surface area contributed by atoms with Crippen LogP contribution in [0.2, 0.25) is 0 Å². The fraction of sp³-hybridized carbons (Fsp3) is 0.932. The number of unbranched alkanes of at least 4 members (excludes halogenated alkanes) is 69. The van der Waals surface area contributed by atoms with E-state index in [0.29, 0.717) is 6.42 Å². The van der Waals surface area contributed by atoms with Gasteiger partial charge in [-0.2, -0.15) is 0 Å². The number of hydrogen-bond donors (Lipinski definition) is 2. The highest BCUT2D eigenvalue weighted by Gasteiger charge is 2.26. The monoisotopic (exact) mass is 1400 g/mol. The Hall–Kier alpha value is -1.51. The minimum absolute atomic E-state index is 0.0580. The van der Waals surface area contributed by atoms with Crippen LogP contribution in [-0.2, 0) is 32.7 Å². The summed E-state index contributed by atoms with van der Waals surface area (Å²) < 4.78 is 33.3. The van der Waals surface area contributed by atoms with Crippen molar-refractivity contribution >= 4 is 19.8 Å². The van der Waals surface area contributed by atoms with Gasteiger partial charge in [0, 0.05) is 19.4 Å². The number of phosphoric acid groups is 1. The molecule has 0 saturated carbocycles. The zero-order valence-electron chi connectivity index (χ0n) is 66.1. The van der Waals surface area contributed by atoms with Crippen molar-refractivity contribution in [2.24, 2.45) is 5.73 Å². The number of carbonyl (C=O) groups is 2. The third-order valence-electron chi connectivity index (χ3n) is 20.6. The molecule has 0 aromatic rings. The maximum absolute atomic E-state index is 12.8. The summed E-state index contributed by atoms with van der Waals surface area (Å²) in [5.41, 5.74) is 5.43. The maximum atomic E-state index is 12.8. The average Bonchev–Trinajstić information content (AvgIpc) is 1.36. The minimum atomic E-state index is -4.39. The van der Waals surface area contributed by atoms with E-state index in [4.69, 9.17) is 24.3 Å². The number of rotatable bonds is 86. The summed E-state index contributed by atoms with van der Waals surface area (Å²) >= 11 is 0. The van der Waals surface area contributed by atoms with Gasteiger partial charge in [-0.25, -0.2) is 4.57 Å². The number of nitrogens with two attached hydrogens (primary N) is 1. The molecule has 2 unspecified atom stereocenters. The van der Waals surface area contributed by atoms with Gasteiger partial charge in [-0.05, 0) is 44.9 Å². The molecule has 0 rings (SSSR count). The molecule has 0 spiro atoms. The van der Waals surface area contributed by atoms with Gasteiger partial charge in [0.1, 0.15) is 6.61 Å². The van der Waals surface area contributed by atoms with Gasteiger partial charge >= 0.3 is 19.8 Å². The molecule has 0 radical (unpaired) electrons. The highest BCUT2D eigenvalue weighted by atomic mass is 31.2. The van der Waals surface area contributed by atoms with Gasteiger partial charge in [-0.3, -0.25) is 18.6 Å². The smallest absolute Gasteiger partial charge is 0.462 e. The van der Waals surface area contributed by atoms with Gasteiger partial charge in [0.2, 0.25) is 0 Å². The molecular weight excluding hydrogens is 1230 g/mol. The van der Waals surface area contributed by atoms with Gasteiger partial charge in [0.15, 0.2) is 6.10 Å². The molecule has 9 nitrogen and oxygen atoms in total. The third kappa shape index (κ3) is 83.4. The van der Waals surface area contributed by atoms with Crippen LogP contribution in [0.15, 0.2) is 24.3 Å². The Balaban J connectivity index is 3.68. The molecule has 0 fully saturated rings. The molecule has 0 heterocycles.